The van der Waals surface area contributed by atoms with Crippen molar-refractivity contribution in [3.63, 3.8) is 0 Å². The Morgan fingerprint density at radius 2 is 2.00 bits per heavy atom. The van der Waals surface area contributed by atoms with Crippen LogP contribution in [0.4, 0.5) is 5.69 Å². The van der Waals surface area contributed by atoms with Crippen LogP contribution in [0.15, 0.2) is 35.3 Å². The molecule has 0 fully saturated rings. The minimum Gasteiger partial charge on any atom is -0.399 e. The number of benzene rings is 1. The van der Waals surface area contributed by atoms with Crippen molar-refractivity contribution >= 4 is 28.3 Å². The minimum absolute atomic E-state index is 0.0467. The first kappa shape index (κ1) is 14.0. The van der Waals surface area contributed by atoms with Crippen LogP contribution >= 0.6 is 22.6 Å². The fraction of sp³-hybridized carbons (Fsp3) is 0.286. The number of rotatable bonds is 4. The topological polar surface area (TPSA) is 60.9 Å². The van der Waals surface area contributed by atoms with Crippen molar-refractivity contribution in [1.82, 2.24) is 9.55 Å². The van der Waals surface area contributed by atoms with E-state index in [0.29, 0.717) is 10.1 Å². The summed E-state index contributed by atoms with van der Waals surface area (Å²) in [6.07, 6.45) is 3.46. The highest BCUT2D eigenvalue weighted by Gasteiger charge is 2.05. The molecule has 1 heterocycles. The fourth-order valence-electron chi connectivity index (χ4n) is 1.94. The van der Waals surface area contributed by atoms with Gasteiger partial charge in [0.2, 0.25) is 0 Å². The van der Waals surface area contributed by atoms with Gasteiger partial charge in [0.1, 0.15) is 5.82 Å². The van der Waals surface area contributed by atoms with E-state index in [1.54, 1.807) is 10.8 Å². The smallest absolute Gasteiger partial charge is 0.266 e. The maximum atomic E-state index is 12.0. The highest BCUT2D eigenvalue weighted by Crippen LogP contribution is 2.08. The molecular formula is C14H16IN3O. The van der Waals surface area contributed by atoms with Crippen molar-refractivity contribution in [2.75, 3.05) is 5.73 Å². The summed E-state index contributed by atoms with van der Waals surface area (Å²) in [5.74, 6) is 0.766. The number of nitrogen functional groups attached to an aromatic ring is 1. The van der Waals surface area contributed by atoms with Crippen LogP contribution < -0.4 is 11.3 Å². The molecule has 2 N–H and O–H groups in total. The SMILES string of the molecule is Cc1ncc(I)c(=O)n1CCCc1ccc(N)cc1. The van der Waals surface area contributed by atoms with Crippen molar-refractivity contribution in [3.05, 3.63) is 55.8 Å². The number of hydrogen-bond acceptors (Lipinski definition) is 3. The number of anilines is 1. The molecule has 0 saturated heterocycles. The summed E-state index contributed by atoms with van der Waals surface area (Å²) in [6, 6.07) is 7.86. The van der Waals surface area contributed by atoms with E-state index in [9.17, 15) is 4.79 Å². The van der Waals surface area contributed by atoms with Gasteiger partial charge in [0.05, 0.1) is 3.57 Å². The predicted octanol–water partition coefficient (Wildman–Crippen LogP) is 2.37. The zero-order chi connectivity index (χ0) is 13.8. The largest absolute Gasteiger partial charge is 0.399 e. The molecule has 0 aliphatic carbocycles. The van der Waals surface area contributed by atoms with Crippen LogP contribution in [0.25, 0.3) is 0 Å². The Bertz CT molecular complexity index is 620. The molecule has 2 aromatic rings. The van der Waals surface area contributed by atoms with Gasteiger partial charge in [-0.1, -0.05) is 12.1 Å². The van der Waals surface area contributed by atoms with Crippen LogP contribution in [0.3, 0.4) is 0 Å². The monoisotopic (exact) mass is 369 g/mol. The van der Waals surface area contributed by atoms with Crippen LogP contribution in [-0.2, 0) is 13.0 Å². The second-order valence-corrected chi connectivity index (χ2v) is 5.62. The Balaban J connectivity index is 2.02. The van der Waals surface area contributed by atoms with Crippen LogP contribution in [0.2, 0.25) is 0 Å². The number of aromatic nitrogens is 2. The summed E-state index contributed by atoms with van der Waals surface area (Å²) in [5.41, 5.74) is 7.71. The number of nitrogens with two attached hydrogens (primary N) is 1. The molecule has 0 unspecified atom stereocenters. The molecule has 0 aliphatic rings. The fourth-order valence-corrected chi connectivity index (χ4v) is 2.37. The van der Waals surface area contributed by atoms with E-state index >= 15 is 0 Å². The van der Waals surface area contributed by atoms with E-state index in [1.165, 1.54) is 5.56 Å². The highest BCUT2D eigenvalue weighted by atomic mass is 127. The first-order chi connectivity index (χ1) is 9.08. The molecule has 100 valence electrons. The van der Waals surface area contributed by atoms with Gasteiger partial charge >= 0.3 is 0 Å². The molecule has 5 heteroatoms. The first-order valence-corrected chi connectivity index (χ1v) is 7.22. The van der Waals surface area contributed by atoms with E-state index in [-0.39, 0.29) is 5.56 Å². The lowest BCUT2D eigenvalue weighted by Crippen LogP contribution is -2.25. The molecule has 1 aromatic carbocycles. The average Bonchev–Trinajstić information content (AvgIpc) is 2.40. The number of hydrogen-bond donors (Lipinski definition) is 1. The normalized spacial score (nSPS) is 10.6. The molecule has 0 amide bonds. The van der Waals surface area contributed by atoms with Crippen molar-refractivity contribution < 1.29 is 0 Å². The van der Waals surface area contributed by atoms with Gasteiger partial charge in [-0.25, -0.2) is 4.98 Å². The summed E-state index contributed by atoms with van der Waals surface area (Å²) in [6.45, 7) is 2.56. The molecular weight excluding hydrogens is 353 g/mol. The maximum absolute atomic E-state index is 12.0. The molecule has 0 radical (unpaired) electrons. The van der Waals surface area contributed by atoms with Gasteiger partial charge in [-0.15, -0.1) is 0 Å². The quantitative estimate of drug-likeness (QED) is 0.665. The third kappa shape index (κ3) is 3.56. The van der Waals surface area contributed by atoms with Gasteiger partial charge in [0.25, 0.3) is 5.56 Å². The summed E-state index contributed by atoms with van der Waals surface area (Å²) < 4.78 is 2.40. The van der Waals surface area contributed by atoms with Crippen molar-refractivity contribution in [2.45, 2.75) is 26.3 Å². The number of halogens is 1. The van der Waals surface area contributed by atoms with Gasteiger partial charge in [0, 0.05) is 18.4 Å². The molecule has 0 aliphatic heterocycles. The highest BCUT2D eigenvalue weighted by molar-refractivity contribution is 14.1. The predicted molar refractivity (Wildman–Crippen MR) is 85.1 cm³/mol. The van der Waals surface area contributed by atoms with E-state index in [0.717, 1.165) is 24.4 Å². The Labute approximate surface area is 125 Å². The van der Waals surface area contributed by atoms with Crippen LogP contribution in [0.5, 0.6) is 0 Å². The summed E-state index contributed by atoms with van der Waals surface area (Å²) in [7, 11) is 0. The van der Waals surface area contributed by atoms with Gasteiger partial charge < -0.3 is 5.73 Å². The minimum atomic E-state index is 0.0467. The third-order valence-corrected chi connectivity index (χ3v) is 3.77. The Morgan fingerprint density at radius 3 is 2.68 bits per heavy atom. The van der Waals surface area contributed by atoms with E-state index < -0.39 is 0 Å². The van der Waals surface area contributed by atoms with E-state index in [2.05, 4.69) is 4.98 Å². The van der Waals surface area contributed by atoms with Gasteiger partial charge in [-0.3, -0.25) is 9.36 Å². The zero-order valence-electron chi connectivity index (χ0n) is 10.8. The summed E-state index contributed by atoms with van der Waals surface area (Å²) in [5, 5.41) is 0. The van der Waals surface area contributed by atoms with Crippen molar-refractivity contribution in [2.24, 2.45) is 0 Å². The van der Waals surface area contributed by atoms with Crippen LogP contribution in [0, 0.1) is 10.5 Å². The lowest BCUT2D eigenvalue weighted by atomic mass is 10.1. The van der Waals surface area contributed by atoms with E-state index in [4.69, 9.17) is 5.73 Å². The van der Waals surface area contributed by atoms with Crippen molar-refractivity contribution in [1.29, 1.82) is 0 Å². The molecule has 4 nitrogen and oxygen atoms in total. The summed E-state index contributed by atoms with van der Waals surface area (Å²) in [4.78, 5) is 16.2. The van der Waals surface area contributed by atoms with Crippen molar-refractivity contribution in [3.8, 4) is 0 Å². The van der Waals surface area contributed by atoms with E-state index in [1.807, 2.05) is 53.8 Å². The molecule has 0 atom stereocenters. The molecule has 0 saturated carbocycles. The van der Waals surface area contributed by atoms with Crippen LogP contribution in [-0.4, -0.2) is 9.55 Å². The Morgan fingerprint density at radius 1 is 1.32 bits per heavy atom. The first-order valence-electron chi connectivity index (χ1n) is 6.14. The van der Waals surface area contributed by atoms with Gasteiger partial charge in [0.15, 0.2) is 0 Å². The number of nitrogens with zero attached hydrogens (tertiary/aromatic N) is 2. The Kier molecular flexibility index (Phi) is 4.57. The molecule has 2 rings (SSSR count). The third-order valence-electron chi connectivity index (χ3n) is 3.03. The second-order valence-electron chi connectivity index (χ2n) is 4.46. The lowest BCUT2D eigenvalue weighted by Gasteiger charge is -2.09. The molecule has 19 heavy (non-hydrogen) atoms. The average molecular weight is 369 g/mol. The molecule has 0 spiro atoms. The lowest BCUT2D eigenvalue weighted by molar-refractivity contribution is 0.589. The van der Waals surface area contributed by atoms with Crippen LogP contribution in [0.1, 0.15) is 17.8 Å². The maximum Gasteiger partial charge on any atom is 0.266 e. The standard InChI is InChI=1S/C14H16IN3O/c1-10-17-9-13(15)14(19)18(10)8-2-3-11-4-6-12(16)7-5-11/h4-7,9H,2-3,8,16H2,1H3. The zero-order valence-corrected chi connectivity index (χ0v) is 12.9. The second kappa shape index (κ2) is 6.18. The molecule has 1 aromatic heterocycles. The summed E-state index contributed by atoms with van der Waals surface area (Å²) >= 11 is 2.02. The Hall–Kier alpha value is -1.37. The van der Waals surface area contributed by atoms with Gasteiger partial charge in [-0.2, -0.15) is 0 Å². The van der Waals surface area contributed by atoms with Gasteiger partial charge in [-0.05, 0) is 60.1 Å². The molecule has 0 bridgehead atoms. The number of aryl methyl sites for hydroxylation is 2.